The third-order valence-corrected chi connectivity index (χ3v) is 2.92. The van der Waals surface area contributed by atoms with Gasteiger partial charge in [-0.1, -0.05) is 0 Å². The van der Waals surface area contributed by atoms with Gasteiger partial charge in [0.25, 0.3) is 5.91 Å². The summed E-state index contributed by atoms with van der Waals surface area (Å²) in [5, 5.41) is 0. The van der Waals surface area contributed by atoms with Crippen molar-refractivity contribution < 1.29 is 9.18 Å². The van der Waals surface area contributed by atoms with Crippen molar-refractivity contribution >= 4 is 18.3 Å². The number of benzene rings is 1. The second kappa shape index (κ2) is 5.47. The van der Waals surface area contributed by atoms with Crippen molar-refractivity contribution in [3.8, 4) is 0 Å². The van der Waals surface area contributed by atoms with Crippen molar-refractivity contribution in [2.45, 2.75) is 19.4 Å². The third kappa shape index (κ3) is 2.96. The molecular weight excluding hydrogens is 243 g/mol. The van der Waals surface area contributed by atoms with E-state index in [2.05, 4.69) is 0 Å². The normalized spacial score (nSPS) is 19.0. The first-order chi connectivity index (χ1) is 7.58. The van der Waals surface area contributed by atoms with Crippen LogP contribution in [0.3, 0.4) is 0 Å². The molecule has 0 unspecified atom stereocenters. The molecule has 1 amide bonds. The standard InChI is InChI=1S/C12H15FN2O.ClH/c1-8-6-9(2-3-11(8)13)12(16)15-5-4-10(14)7-15;/h2-3,6,10H,4-5,7,14H2,1H3;1H/t10-;/m1./s1. The Morgan fingerprint density at radius 2 is 2.24 bits per heavy atom. The molecule has 0 aromatic heterocycles. The van der Waals surface area contributed by atoms with Gasteiger partial charge in [0.2, 0.25) is 0 Å². The zero-order valence-electron chi connectivity index (χ0n) is 9.65. The highest BCUT2D eigenvalue weighted by Gasteiger charge is 2.24. The van der Waals surface area contributed by atoms with E-state index in [-0.39, 0.29) is 30.2 Å². The molecule has 1 aliphatic heterocycles. The average Bonchev–Trinajstić information content (AvgIpc) is 2.68. The minimum absolute atomic E-state index is 0. The highest BCUT2D eigenvalue weighted by Crippen LogP contribution is 2.15. The van der Waals surface area contributed by atoms with Crippen LogP contribution in [0.4, 0.5) is 4.39 Å². The SMILES string of the molecule is Cc1cc(C(=O)N2CC[C@@H](N)C2)ccc1F.Cl. The van der Waals surface area contributed by atoms with Crippen molar-refractivity contribution in [2.24, 2.45) is 5.73 Å². The van der Waals surface area contributed by atoms with Crippen molar-refractivity contribution in [1.29, 1.82) is 0 Å². The largest absolute Gasteiger partial charge is 0.337 e. The van der Waals surface area contributed by atoms with Crippen LogP contribution >= 0.6 is 12.4 Å². The summed E-state index contributed by atoms with van der Waals surface area (Å²) >= 11 is 0. The molecule has 0 bridgehead atoms. The Morgan fingerprint density at radius 3 is 2.76 bits per heavy atom. The molecule has 2 N–H and O–H groups in total. The Bertz CT molecular complexity index is 425. The van der Waals surface area contributed by atoms with Gasteiger partial charge in [0.05, 0.1) is 0 Å². The molecule has 0 aliphatic carbocycles. The van der Waals surface area contributed by atoms with Gasteiger partial charge in [-0.15, -0.1) is 12.4 Å². The van der Waals surface area contributed by atoms with Crippen molar-refractivity contribution in [2.75, 3.05) is 13.1 Å². The molecule has 1 aromatic rings. The number of hydrogen-bond donors (Lipinski definition) is 1. The maximum Gasteiger partial charge on any atom is 0.253 e. The Morgan fingerprint density at radius 1 is 1.53 bits per heavy atom. The summed E-state index contributed by atoms with van der Waals surface area (Å²) < 4.78 is 13.1. The van der Waals surface area contributed by atoms with Gasteiger partial charge in [-0.25, -0.2) is 4.39 Å². The van der Waals surface area contributed by atoms with Crippen LogP contribution in [0.2, 0.25) is 0 Å². The van der Waals surface area contributed by atoms with Gasteiger partial charge in [-0.2, -0.15) is 0 Å². The smallest absolute Gasteiger partial charge is 0.253 e. The molecule has 0 radical (unpaired) electrons. The van der Waals surface area contributed by atoms with Crippen molar-refractivity contribution in [3.05, 3.63) is 35.1 Å². The number of likely N-dealkylation sites (tertiary alicyclic amines) is 1. The number of hydrogen-bond acceptors (Lipinski definition) is 2. The summed E-state index contributed by atoms with van der Waals surface area (Å²) in [4.78, 5) is 13.7. The van der Waals surface area contributed by atoms with Crippen LogP contribution in [0.25, 0.3) is 0 Å². The number of amides is 1. The summed E-state index contributed by atoms with van der Waals surface area (Å²) in [5.41, 5.74) is 6.77. The number of carbonyl (C=O) groups excluding carboxylic acids is 1. The maximum atomic E-state index is 13.1. The first-order valence-electron chi connectivity index (χ1n) is 5.39. The van der Waals surface area contributed by atoms with E-state index in [1.54, 1.807) is 17.9 Å². The molecule has 1 aliphatic rings. The monoisotopic (exact) mass is 258 g/mol. The zero-order chi connectivity index (χ0) is 11.7. The van der Waals surface area contributed by atoms with Crippen LogP contribution < -0.4 is 5.73 Å². The molecule has 94 valence electrons. The fraction of sp³-hybridized carbons (Fsp3) is 0.417. The molecule has 1 heterocycles. The van der Waals surface area contributed by atoms with Crippen LogP contribution in [0, 0.1) is 12.7 Å². The molecule has 2 rings (SSSR count). The molecule has 0 spiro atoms. The average molecular weight is 259 g/mol. The Kier molecular flexibility index (Phi) is 4.48. The van der Waals surface area contributed by atoms with Crippen LogP contribution in [-0.4, -0.2) is 29.9 Å². The van der Waals surface area contributed by atoms with Gasteiger partial charge in [0, 0.05) is 24.7 Å². The molecule has 3 nitrogen and oxygen atoms in total. The minimum Gasteiger partial charge on any atom is -0.337 e. The number of carbonyl (C=O) groups is 1. The molecule has 0 saturated carbocycles. The number of rotatable bonds is 1. The van der Waals surface area contributed by atoms with Crippen LogP contribution in [0.1, 0.15) is 22.3 Å². The Hall–Kier alpha value is -1.13. The lowest BCUT2D eigenvalue weighted by Gasteiger charge is -2.16. The second-order valence-corrected chi connectivity index (χ2v) is 4.26. The number of nitrogens with zero attached hydrogens (tertiary/aromatic N) is 1. The van der Waals surface area contributed by atoms with E-state index in [0.717, 1.165) is 6.42 Å². The molecule has 5 heteroatoms. The fourth-order valence-corrected chi connectivity index (χ4v) is 1.93. The Labute approximate surface area is 106 Å². The van der Waals surface area contributed by atoms with Gasteiger partial charge in [-0.05, 0) is 37.1 Å². The molecular formula is C12H16ClFN2O. The van der Waals surface area contributed by atoms with E-state index in [1.807, 2.05) is 0 Å². The topological polar surface area (TPSA) is 46.3 Å². The van der Waals surface area contributed by atoms with Gasteiger partial charge >= 0.3 is 0 Å². The van der Waals surface area contributed by atoms with E-state index in [4.69, 9.17) is 5.73 Å². The summed E-state index contributed by atoms with van der Waals surface area (Å²) in [6, 6.07) is 4.51. The molecule has 1 fully saturated rings. The van der Waals surface area contributed by atoms with Gasteiger partial charge < -0.3 is 10.6 Å². The lowest BCUT2D eigenvalue weighted by Crippen LogP contribution is -2.31. The maximum absolute atomic E-state index is 13.1. The number of nitrogens with two attached hydrogens (primary N) is 1. The number of halogens is 2. The number of aryl methyl sites for hydroxylation is 1. The fourth-order valence-electron chi connectivity index (χ4n) is 1.93. The van der Waals surface area contributed by atoms with Crippen LogP contribution in [0.5, 0.6) is 0 Å². The van der Waals surface area contributed by atoms with Gasteiger partial charge in [-0.3, -0.25) is 4.79 Å². The highest BCUT2D eigenvalue weighted by molar-refractivity contribution is 5.94. The first-order valence-corrected chi connectivity index (χ1v) is 5.39. The van der Waals surface area contributed by atoms with E-state index in [0.29, 0.717) is 24.2 Å². The predicted octanol–water partition coefficient (Wildman–Crippen LogP) is 1.73. The summed E-state index contributed by atoms with van der Waals surface area (Å²) in [6.07, 6.45) is 0.839. The Balaban J connectivity index is 0.00000144. The zero-order valence-corrected chi connectivity index (χ0v) is 10.5. The van der Waals surface area contributed by atoms with E-state index in [1.165, 1.54) is 12.1 Å². The van der Waals surface area contributed by atoms with E-state index >= 15 is 0 Å². The van der Waals surface area contributed by atoms with E-state index < -0.39 is 0 Å². The lowest BCUT2D eigenvalue weighted by molar-refractivity contribution is 0.0790. The molecule has 1 saturated heterocycles. The van der Waals surface area contributed by atoms with Crippen LogP contribution in [0.15, 0.2) is 18.2 Å². The third-order valence-electron chi connectivity index (χ3n) is 2.92. The molecule has 17 heavy (non-hydrogen) atoms. The van der Waals surface area contributed by atoms with E-state index in [9.17, 15) is 9.18 Å². The molecule has 1 atom stereocenters. The summed E-state index contributed by atoms with van der Waals surface area (Å²) in [6.45, 7) is 2.94. The quantitative estimate of drug-likeness (QED) is 0.834. The lowest BCUT2D eigenvalue weighted by atomic mass is 10.1. The van der Waals surface area contributed by atoms with Gasteiger partial charge in [0.1, 0.15) is 5.82 Å². The molecule has 1 aromatic carbocycles. The summed E-state index contributed by atoms with van der Waals surface area (Å²) in [5.74, 6) is -0.342. The second-order valence-electron chi connectivity index (χ2n) is 4.26. The highest BCUT2D eigenvalue weighted by atomic mass is 35.5. The van der Waals surface area contributed by atoms with Crippen LogP contribution in [-0.2, 0) is 0 Å². The minimum atomic E-state index is -0.283. The summed E-state index contributed by atoms with van der Waals surface area (Å²) in [7, 11) is 0. The predicted molar refractivity (Wildman–Crippen MR) is 66.9 cm³/mol. The van der Waals surface area contributed by atoms with Gasteiger partial charge in [0.15, 0.2) is 0 Å². The van der Waals surface area contributed by atoms with Crippen molar-refractivity contribution in [3.63, 3.8) is 0 Å². The van der Waals surface area contributed by atoms with Crippen molar-refractivity contribution in [1.82, 2.24) is 4.90 Å². The first kappa shape index (κ1) is 13.9.